The Bertz CT molecular complexity index is 495. The third-order valence-corrected chi connectivity index (χ3v) is 11.2. The summed E-state index contributed by atoms with van der Waals surface area (Å²) >= 11 is 0. The molecule has 0 bridgehead atoms. The molecule has 0 rings (SSSR count). The summed E-state index contributed by atoms with van der Waals surface area (Å²) in [6, 6.07) is 0. The van der Waals surface area contributed by atoms with E-state index in [1.807, 2.05) is 0 Å². The molecule has 290 valence electrons. The van der Waals surface area contributed by atoms with Crippen molar-refractivity contribution in [1.82, 2.24) is 4.90 Å². The van der Waals surface area contributed by atoms with Crippen LogP contribution in [-0.4, -0.2) is 24.5 Å². The van der Waals surface area contributed by atoms with Crippen molar-refractivity contribution < 1.29 is 0 Å². The van der Waals surface area contributed by atoms with Crippen LogP contribution in [0.15, 0.2) is 0 Å². The molecule has 1 heteroatoms. The van der Waals surface area contributed by atoms with Crippen LogP contribution in [0.25, 0.3) is 0 Å². The standard InChI is InChI=1S/C47H97N/c1-4-7-10-13-16-19-22-24-26-28-31-34-37-40-43-46-48(45-42-39-36-33-30-21-18-15-12-9-6-3)47-44-41-38-35-32-29-27-25-23-20-17-14-11-8-5-2/h4-47H2,1-3H3. The Morgan fingerprint density at radius 2 is 0.292 bits per heavy atom. The van der Waals surface area contributed by atoms with Gasteiger partial charge in [0.25, 0.3) is 0 Å². The second-order valence-electron chi connectivity index (χ2n) is 16.3. The van der Waals surface area contributed by atoms with Gasteiger partial charge in [0, 0.05) is 0 Å². The van der Waals surface area contributed by atoms with E-state index in [-0.39, 0.29) is 0 Å². The van der Waals surface area contributed by atoms with Crippen LogP contribution in [0.4, 0.5) is 0 Å². The zero-order valence-electron chi connectivity index (χ0n) is 34.6. The van der Waals surface area contributed by atoms with E-state index in [0.717, 1.165) is 0 Å². The largest absolute Gasteiger partial charge is 0.303 e. The van der Waals surface area contributed by atoms with Crippen molar-refractivity contribution in [2.45, 2.75) is 284 Å². The fourth-order valence-corrected chi connectivity index (χ4v) is 7.75. The van der Waals surface area contributed by atoms with E-state index in [2.05, 4.69) is 25.7 Å². The van der Waals surface area contributed by atoms with E-state index in [1.165, 1.54) is 283 Å². The minimum Gasteiger partial charge on any atom is -0.303 e. The summed E-state index contributed by atoms with van der Waals surface area (Å²) in [5.74, 6) is 0. The summed E-state index contributed by atoms with van der Waals surface area (Å²) in [7, 11) is 0. The highest BCUT2D eigenvalue weighted by atomic mass is 15.1. The molecule has 1 nitrogen and oxygen atoms in total. The zero-order chi connectivity index (χ0) is 34.7. The molecule has 0 saturated carbocycles. The van der Waals surface area contributed by atoms with E-state index in [4.69, 9.17) is 0 Å². The van der Waals surface area contributed by atoms with Crippen LogP contribution in [0.3, 0.4) is 0 Å². The topological polar surface area (TPSA) is 3.24 Å². The minimum absolute atomic E-state index is 1.37. The van der Waals surface area contributed by atoms with Gasteiger partial charge in [-0.2, -0.15) is 0 Å². The number of unbranched alkanes of at least 4 members (excludes halogenated alkanes) is 38. The lowest BCUT2D eigenvalue weighted by Crippen LogP contribution is -2.27. The summed E-state index contributed by atoms with van der Waals surface area (Å²) < 4.78 is 0. The van der Waals surface area contributed by atoms with Gasteiger partial charge in [0.05, 0.1) is 0 Å². The molecule has 0 atom stereocenters. The van der Waals surface area contributed by atoms with Crippen LogP contribution in [0, 0.1) is 0 Å². The van der Waals surface area contributed by atoms with Crippen LogP contribution < -0.4 is 0 Å². The first-order chi connectivity index (χ1) is 23.8. The number of hydrogen-bond donors (Lipinski definition) is 0. The van der Waals surface area contributed by atoms with Crippen molar-refractivity contribution >= 4 is 0 Å². The Morgan fingerprint density at radius 3 is 0.438 bits per heavy atom. The lowest BCUT2D eigenvalue weighted by molar-refractivity contribution is 0.254. The minimum atomic E-state index is 1.37. The first-order valence-electron chi connectivity index (χ1n) is 23.6. The second kappa shape index (κ2) is 45.0. The van der Waals surface area contributed by atoms with Crippen molar-refractivity contribution in [2.24, 2.45) is 0 Å². The van der Waals surface area contributed by atoms with Gasteiger partial charge in [-0.1, -0.05) is 265 Å². The van der Waals surface area contributed by atoms with Crippen molar-refractivity contribution in [2.75, 3.05) is 19.6 Å². The summed E-state index contributed by atoms with van der Waals surface area (Å²) in [6.45, 7) is 11.1. The van der Waals surface area contributed by atoms with Crippen LogP contribution >= 0.6 is 0 Å². The van der Waals surface area contributed by atoms with Crippen LogP contribution in [0.1, 0.15) is 284 Å². The molecule has 0 fully saturated rings. The third kappa shape index (κ3) is 42.1. The van der Waals surface area contributed by atoms with Crippen molar-refractivity contribution in [3.8, 4) is 0 Å². The molecule has 0 aliphatic rings. The van der Waals surface area contributed by atoms with Crippen LogP contribution in [0.2, 0.25) is 0 Å². The van der Waals surface area contributed by atoms with E-state index in [0.29, 0.717) is 0 Å². The molecule has 0 aromatic heterocycles. The summed E-state index contributed by atoms with van der Waals surface area (Å²) in [6.07, 6.45) is 60.1. The Labute approximate surface area is 307 Å². The third-order valence-electron chi connectivity index (χ3n) is 11.2. The molecule has 0 spiro atoms. The average Bonchev–Trinajstić information content (AvgIpc) is 3.10. The first-order valence-corrected chi connectivity index (χ1v) is 23.6. The number of rotatable bonds is 44. The molecule has 0 aromatic carbocycles. The normalized spacial score (nSPS) is 11.8. The lowest BCUT2D eigenvalue weighted by atomic mass is 10.0. The van der Waals surface area contributed by atoms with Crippen molar-refractivity contribution in [3.63, 3.8) is 0 Å². The fourth-order valence-electron chi connectivity index (χ4n) is 7.75. The molecule has 0 aliphatic heterocycles. The van der Waals surface area contributed by atoms with Gasteiger partial charge in [-0.25, -0.2) is 0 Å². The molecule has 0 aliphatic carbocycles. The maximum absolute atomic E-state index is 2.87. The number of nitrogens with zero attached hydrogens (tertiary/aromatic N) is 1. The molecular weight excluding hydrogens is 579 g/mol. The van der Waals surface area contributed by atoms with E-state index < -0.39 is 0 Å². The van der Waals surface area contributed by atoms with Gasteiger partial charge in [0.1, 0.15) is 0 Å². The Morgan fingerprint density at radius 1 is 0.167 bits per heavy atom. The summed E-state index contributed by atoms with van der Waals surface area (Å²) in [5.41, 5.74) is 0. The van der Waals surface area contributed by atoms with E-state index >= 15 is 0 Å². The quantitative estimate of drug-likeness (QED) is 0.0581. The van der Waals surface area contributed by atoms with Gasteiger partial charge in [-0.15, -0.1) is 0 Å². The molecule has 0 saturated heterocycles. The SMILES string of the molecule is CCCCCCCCCCCCCCCCCN(CCCCCCCCCCCCC)CCCCCCCCCCCCCCCCC. The summed E-state index contributed by atoms with van der Waals surface area (Å²) in [4.78, 5) is 2.87. The zero-order valence-corrected chi connectivity index (χ0v) is 34.6. The van der Waals surface area contributed by atoms with Gasteiger partial charge in [0.15, 0.2) is 0 Å². The maximum atomic E-state index is 2.87. The van der Waals surface area contributed by atoms with Gasteiger partial charge in [0.2, 0.25) is 0 Å². The van der Waals surface area contributed by atoms with Gasteiger partial charge in [-0.05, 0) is 38.9 Å². The highest BCUT2D eigenvalue weighted by Crippen LogP contribution is 2.16. The smallest absolute Gasteiger partial charge is 0.00187 e. The van der Waals surface area contributed by atoms with Crippen LogP contribution in [0.5, 0.6) is 0 Å². The molecule has 0 radical (unpaired) electrons. The van der Waals surface area contributed by atoms with E-state index in [1.54, 1.807) is 0 Å². The predicted octanol–water partition coefficient (Wildman–Crippen LogP) is 17.3. The van der Waals surface area contributed by atoms with Gasteiger partial charge >= 0.3 is 0 Å². The molecule has 0 aromatic rings. The average molecular weight is 676 g/mol. The first kappa shape index (κ1) is 48.0. The molecule has 0 amide bonds. The molecule has 0 unspecified atom stereocenters. The van der Waals surface area contributed by atoms with Crippen LogP contribution in [-0.2, 0) is 0 Å². The highest BCUT2D eigenvalue weighted by Gasteiger charge is 2.05. The van der Waals surface area contributed by atoms with Gasteiger partial charge in [-0.3, -0.25) is 0 Å². The Kier molecular flexibility index (Phi) is 44.9. The summed E-state index contributed by atoms with van der Waals surface area (Å²) in [5, 5.41) is 0. The molecule has 48 heavy (non-hydrogen) atoms. The number of hydrogen-bond acceptors (Lipinski definition) is 1. The molecule has 0 N–H and O–H groups in total. The van der Waals surface area contributed by atoms with Crippen molar-refractivity contribution in [3.05, 3.63) is 0 Å². The van der Waals surface area contributed by atoms with Gasteiger partial charge < -0.3 is 4.90 Å². The second-order valence-corrected chi connectivity index (χ2v) is 16.3. The molecular formula is C47H97N. The molecule has 0 heterocycles. The monoisotopic (exact) mass is 676 g/mol. The fraction of sp³-hybridized carbons (Fsp3) is 1.00. The van der Waals surface area contributed by atoms with E-state index in [9.17, 15) is 0 Å². The Balaban J connectivity index is 3.89. The predicted molar refractivity (Wildman–Crippen MR) is 223 cm³/mol. The lowest BCUT2D eigenvalue weighted by Gasteiger charge is -2.22. The Hall–Kier alpha value is -0.0400. The maximum Gasteiger partial charge on any atom is -0.00187 e. The van der Waals surface area contributed by atoms with Crippen molar-refractivity contribution in [1.29, 1.82) is 0 Å². The highest BCUT2D eigenvalue weighted by molar-refractivity contribution is 4.61.